The van der Waals surface area contributed by atoms with Crippen LogP contribution in [0.5, 0.6) is 5.75 Å². The summed E-state index contributed by atoms with van der Waals surface area (Å²) >= 11 is 3.34. The minimum Gasteiger partial charge on any atom is -0.494 e. The molecule has 16 heavy (non-hydrogen) atoms. The molecule has 0 spiro atoms. The van der Waals surface area contributed by atoms with Gasteiger partial charge >= 0.3 is 0 Å². The number of ether oxygens (including phenoxy) is 1. The van der Waals surface area contributed by atoms with Gasteiger partial charge in [-0.1, -0.05) is 15.9 Å². The van der Waals surface area contributed by atoms with Crippen molar-refractivity contribution < 1.29 is 9.84 Å². The monoisotopic (exact) mass is 283 g/mol. The minimum atomic E-state index is -0.00772. The van der Waals surface area contributed by atoms with Crippen molar-refractivity contribution in [1.82, 2.24) is 0 Å². The summed E-state index contributed by atoms with van der Waals surface area (Å²) in [5, 5.41) is 17.4. The van der Waals surface area contributed by atoms with Crippen molar-refractivity contribution in [2.24, 2.45) is 0 Å². The fraction of sp³-hybridized carbons (Fsp3) is 0.417. The van der Waals surface area contributed by atoms with Gasteiger partial charge < -0.3 is 9.84 Å². The lowest BCUT2D eigenvalue weighted by molar-refractivity contribution is 0.277. The number of halogens is 1. The Morgan fingerprint density at radius 1 is 1.38 bits per heavy atom. The van der Waals surface area contributed by atoms with E-state index in [0.29, 0.717) is 13.0 Å². The number of aliphatic hydroxyl groups excluding tert-OH is 1. The lowest BCUT2D eigenvalue weighted by Crippen LogP contribution is -1.98. The second kappa shape index (κ2) is 7.26. The van der Waals surface area contributed by atoms with Crippen molar-refractivity contribution in [3.8, 4) is 11.8 Å². The number of hydrogen-bond donors (Lipinski definition) is 1. The predicted molar refractivity (Wildman–Crippen MR) is 65.0 cm³/mol. The van der Waals surface area contributed by atoms with Gasteiger partial charge in [0.1, 0.15) is 5.75 Å². The molecule has 4 heteroatoms. The van der Waals surface area contributed by atoms with E-state index in [1.807, 2.05) is 18.2 Å². The standard InChI is InChI=1S/C12H14BrNO2/c13-12-5-4-11(8-10(12)9-15)16-7-3-1-2-6-14/h4-5,8,15H,1-3,7,9H2. The lowest BCUT2D eigenvalue weighted by Gasteiger charge is -2.07. The third-order valence-corrected chi connectivity index (χ3v) is 2.91. The van der Waals surface area contributed by atoms with E-state index in [1.165, 1.54) is 0 Å². The third kappa shape index (κ3) is 4.21. The summed E-state index contributed by atoms with van der Waals surface area (Å²) in [5.41, 5.74) is 0.814. The van der Waals surface area contributed by atoms with Crippen LogP contribution in [-0.4, -0.2) is 11.7 Å². The molecule has 0 fully saturated rings. The largest absolute Gasteiger partial charge is 0.494 e. The van der Waals surface area contributed by atoms with Gasteiger partial charge in [-0.2, -0.15) is 5.26 Å². The maximum atomic E-state index is 9.06. The van der Waals surface area contributed by atoms with Gasteiger partial charge in [0.15, 0.2) is 0 Å². The molecule has 0 aliphatic rings. The normalized spacial score (nSPS) is 9.81. The van der Waals surface area contributed by atoms with Crippen LogP contribution in [0.3, 0.4) is 0 Å². The van der Waals surface area contributed by atoms with Crippen molar-refractivity contribution in [1.29, 1.82) is 5.26 Å². The smallest absolute Gasteiger partial charge is 0.119 e. The first-order valence-electron chi connectivity index (χ1n) is 5.17. The zero-order valence-electron chi connectivity index (χ0n) is 8.95. The molecule has 1 aromatic carbocycles. The van der Waals surface area contributed by atoms with Crippen LogP contribution in [0.4, 0.5) is 0 Å². The zero-order valence-corrected chi connectivity index (χ0v) is 10.5. The summed E-state index contributed by atoms with van der Waals surface area (Å²) in [6.45, 7) is 0.598. The molecule has 0 heterocycles. The summed E-state index contributed by atoms with van der Waals surface area (Å²) in [6, 6.07) is 7.62. The number of nitrogens with zero attached hydrogens (tertiary/aromatic N) is 1. The highest BCUT2D eigenvalue weighted by Crippen LogP contribution is 2.22. The Morgan fingerprint density at radius 3 is 2.88 bits per heavy atom. The Hall–Kier alpha value is -1.05. The summed E-state index contributed by atoms with van der Waals surface area (Å²) in [7, 11) is 0. The molecule has 0 aromatic heterocycles. The van der Waals surface area contributed by atoms with Crippen LogP contribution >= 0.6 is 15.9 Å². The molecule has 0 amide bonds. The van der Waals surface area contributed by atoms with Crippen LogP contribution in [0, 0.1) is 11.3 Å². The molecule has 3 nitrogen and oxygen atoms in total. The van der Waals surface area contributed by atoms with E-state index >= 15 is 0 Å². The molecule has 0 aliphatic carbocycles. The van der Waals surface area contributed by atoms with Crippen LogP contribution in [-0.2, 0) is 6.61 Å². The van der Waals surface area contributed by atoms with Crippen molar-refractivity contribution >= 4 is 15.9 Å². The maximum Gasteiger partial charge on any atom is 0.119 e. The molecule has 1 N–H and O–H groups in total. The maximum absolute atomic E-state index is 9.06. The van der Waals surface area contributed by atoms with Gasteiger partial charge in [-0.05, 0) is 36.6 Å². The van der Waals surface area contributed by atoms with Gasteiger partial charge in [0, 0.05) is 10.9 Å². The minimum absolute atomic E-state index is 0.00772. The predicted octanol–water partition coefficient (Wildman–Crippen LogP) is 3.01. The second-order valence-corrected chi connectivity index (χ2v) is 4.23. The van der Waals surface area contributed by atoms with Gasteiger partial charge in [-0.3, -0.25) is 0 Å². The zero-order chi connectivity index (χ0) is 11.8. The highest BCUT2D eigenvalue weighted by atomic mass is 79.9. The SMILES string of the molecule is N#CCCCCOc1ccc(Br)c(CO)c1. The van der Waals surface area contributed by atoms with Crippen molar-refractivity contribution in [2.45, 2.75) is 25.9 Å². The summed E-state index contributed by atoms with van der Waals surface area (Å²) in [6.07, 6.45) is 2.31. The number of hydrogen-bond acceptors (Lipinski definition) is 3. The molecule has 0 saturated carbocycles. The van der Waals surface area contributed by atoms with Gasteiger partial charge in [0.2, 0.25) is 0 Å². The van der Waals surface area contributed by atoms with Gasteiger partial charge in [0.05, 0.1) is 19.3 Å². The van der Waals surface area contributed by atoms with Gasteiger partial charge in [-0.25, -0.2) is 0 Å². The quantitative estimate of drug-likeness (QED) is 0.817. The first kappa shape index (κ1) is 13.0. The number of nitriles is 1. The molecule has 86 valence electrons. The highest BCUT2D eigenvalue weighted by Gasteiger charge is 2.01. The molecule has 0 bridgehead atoms. The Labute approximate surface area is 104 Å². The van der Waals surface area contributed by atoms with Crippen LogP contribution in [0.15, 0.2) is 22.7 Å². The van der Waals surface area contributed by atoms with E-state index in [1.54, 1.807) is 0 Å². The first-order chi connectivity index (χ1) is 7.77. The number of rotatable bonds is 6. The number of unbranched alkanes of at least 4 members (excludes halogenated alkanes) is 2. The molecule has 0 radical (unpaired) electrons. The van der Waals surface area contributed by atoms with Crippen LogP contribution in [0.2, 0.25) is 0 Å². The molecule has 0 saturated heterocycles. The summed E-state index contributed by atoms with van der Waals surface area (Å²) in [4.78, 5) is 0. The van der Waals surface area contributed by atoms with Crippen LogP contribution in [0.25, 0.3) is 0 Å². The molecule has 1 rings (SSSR count). The van der Waals surface area contributed by atoms with Crippen molar-refractivity contribution in [3.05, 3.63) is 28.2 Å². The van der Waals surface area contributed by atoms with E-state index in [2.05, 4.69) is 22.0 Å². The third-order valence-electron chi connectivity index (χ3n) is 2.14. The Kier molecular flexibility index (Phi) is 5.91. The average molecular weight is 284 g/mol. The topological polar surface area (TPSA) is 53.2 Å². The average Bonchev–Trinajstić information content (AvgIpc) is 2.31. The molecular formula is C12H14BrNO2. The molecular weight excluding hydrogens is 270 g/mol. The number of aliphatic hydroxyl groups is 1. The molecule has 0 atom stereocenters. The fourth-order valence-electron chi connectivity index (χ4n) is 1.26. The van der Waals surface area contributed by atoms with E-state index in [-0.39, 0.29) is 6.61 Å². The van der Waals surface area contributed by atoms with E-state index in [9.17, 15) is 0 Å². The Morgan fingerprint density at radius 2 is 2.19 bits per heavy atom. The number of benzene rings is 1. The summed E-state index contributed by atoms with van der Waals surface area (Å²) in [5.74, 6) is 0.754. The van der Waals surface area contributed by atoms with Gasteiger partial charge in [0.25, 0.3) is 0 Å². The lowest BCUT2D eigenvalue weighted by atomic mass is 10.2. The van der Waals surface area contributed by atoms with E-state index in [4.69, 9.17) is 15.1 Å². The first-order valence-corrected chi connectivity index (χ1v) is 5.96. The Balaban J connectivity index is 2.40. The summed E-state index contributed by atoms with van der Waals surface area (Å²) < 4.78 is 6.39. The van der Waals surface area contributed by atoms with E-state index < -0.39 is 0 Å². The highest BCUT2D eigenvalue weighted by molar-refractivity contribution is 9.10. The van der Waals surface area contributed by atoms with Crippen LogP contribution < -0.4 is 4.74 Å². The fourth-order valence-corrected chi connectivity index (χ4v) is 1.63. The molecule has 1 aromatic rings. The second-order valence-electron chi connectivity index (χ2n) is 3.38. The van der Waals surface area contributed by atoms with Crippen LogP contribution in [0.1, 0.15) is 24.8 Å². The molecule has 0 unspecified atom stereocenters. The molecule has 0 aliphatic heterocycles. The van der Waals surface area contributed by atoms with E-state index in [0.717, 1.165) is 28.6 Å². The van der Waals surface area contributed by atoms with Gasteiger partial charge in [-0.15, -0.1) is 0 Å². The Bertz CT molecular complexity index is 374. The van der Waals surface area contributed by atoms with Crippen molar-refractivity contribution in [2.75, 3.05) is 6.61 Å². The van der Waals surface area contributed by atoms with Crippen molar-refractivity contribution in [3.63, 3.8) is 0 Å².